The summed E-state index contributed by atoms with van der Waals surface area (Å²) in [6.07, 6.45) is 15.5. The molecule has 1 amide bonds. The van der Waals surface area contributed by atoms with E-state index < -0.39 is 11.0 Å². The molecule has 11 nitrogen and oxygen atoms in total. The van der Waals surface area contributed by atoms with Crippen molar-refractivity contribution in [1.29, 1.82) is 0 Å². The topological polar surface area (TPSA) is 145 Å². The van der Waals surface area contributed by atoms with E-state index in [0.29, 0.717) is 27.3 Å². The number of aliphatic hydroxyl groups excluding tert-OH is 1. The Morgan fingerprint density at radius 2 is 2.08 bits per heavy atom. The second-order valence-corrected chi connectivity index (χ2v) is 9.04. The Labute approximate surface area is 223 Å². The minimum Gasteiger partial charge on any atom is -0.470 e. The maximum absolute atomic E-state index is 12.6. The number of hydrogen-bond acceptors (Lipinski definition) is 10. The van der Waals surface area contributed by atoms with Gasteiger partial charge in [0.2, 0.25) is 11.1 Å². The Hall–Kier alpha value is -4.36. The van der Waals surface area contributed by atoms with Crippen molar-refractivity contribution in [3.63, 3.8) is 0 Å². The molecule has 3 aromatic heterocycles. The minimum atomic E-state index is -0.972. The predicted octanol–water partition coefficient (Wildman–Crippen LogP) is 1.86. The quantitative estimate of drug-likeness (QED) is 0.126. The lowest BCUT2D eigenvalue weighted by Crippen LogP contribution is -2.55. The highest BCUT2D eigenvalue weighted by Crippen LogP contribution is 2.23. The zero-order valence-corrected chi connectivity index (χ0v) is 21.6. The van der Waals surface area contributed by atoms with Crippen molar-refractivity contribution in [3.8, 4) is 30.4 Å². The highest BCUT2D eigenvalue weighted by Gasteiger charge is 2.30. The monoisotopic (exact) mass is 534 g/mol. The Morgan fingerprint density at radius 1 is 1.26 bits per heavy atom. The van der Waals surface area contributed by atoms with Gasteiger partial charge in [0.05, 0.1) is 24.3 Å². The number of nitrogens with one attached hydrogen (secondary N) is 1. The molecule has 2 atom stereocenters. The number of hydrogen-bond donors (Lipinski definition) is 3. The van der Waals surface area contributed by atoms with Crippen molar-refractivity contribution >= 4 is 39.7 Å². The molecular formula is C26H26N6O5S. The zero-order valence-electron chi connectivity index (χ0n) is 20.7. The third-order valence-electron chi connectivity index (χ3n) is 5.06. The minimum absolute atomic E-state index is 0.0804. The summed E-state index contributed by atoms with van der Waals surface area (Å²) < 4.78 is 11.1. The second kappa shape index (κ2) is 13.3. The fourth-order valence-corrected chi connectivity index (χ4v) is 3.64. The van der Waals surface area contributed by atoms with Gasteiger partial charge in [-0.25, -0.2) is 4.98 Å². The van der Waals surface area contributed by atoms with Crippen molar-refractivity contribution in [3.05, 3.63) is 54.4 Å². The number of carbonyl (C=O) groups excluding carboxylic acids is 1. The Bertz CT molecular complexity index is 1480. The molecule has 0 aliphatic heterocycles. The first-order valence-electron chi connectivity index (χ1n) is 11.2. The molecule has 3 N–H and O–H groups in total. The largest absolute Gasteiger partial charge is 0.470 e. The number of aliphatic hydroxyl groups is 1. The summed E-state index contributed by atoms with van der Waals surface area (Å²) in [6.45, 7) is 1.54. The van der Waals surface area contributed by atoms with Gasteiger partial charge in [-0.2, -0.15) is 0 Å². The van der Waals surface area contributed by atoms with Crippen LogP contribution in [-0.4, -0.2) is 78.4 Å². The summed E-state index contributed by atoms with van der Waals surface area (Å²) in [4.78, 5) is 21.4. The van der Waals surface area contributed by atoms with Crippen LogP contribution in [0.1, 0.15) is 12.5 Å². The van der Waals surface area contributed by atoms with E-state index in [4.69, 9.17) is 27.5 Å². The summed E-state index contributed by atoms with van der Waals surface area (Å²) in [7, 11) is 0. The van der Waals surface area contributed by atoms with Crippen LogP contribution in [0.5, 0.6) is 5.75 Å². The molecular weight excluding hydrogens is 508 g/mol. The van der Waals surface area contributed by atoms with E-state index in [1.165, 1.54) is 11.8 Å². The molecule has 0 saturated heterocycles. The lowest BCUT2D eigenvalue weighted by molar-refractivity contribution is -0.127. The van der Waals surface area contributed by atoms with Gasteiger partial charge in [-0.15, -0.1) is 29.7 Å². The van der Waals surface area contributed by atoms with Crippen molar-refractivity contribution in [1.82, 2.24) is 30.4 Å². The first-order valence-corrected chi connectivity index (χ1v) is 12.5. The molecule has 4 rings (SSSR count). The zero-order chi connectivity index (χ0) is 27.5. The van der Waals surface area contributed by atoms with Crippen LogP contribution < -0.4 is 10.1 Å². The van der Waals surface area contributed by atoms with Crippen LogP contribution in [0, 0.1) is 24.7 Å². The smallest absolute Gasteiger partial charge is 0.272 e. The van der Waals surface area contributed by atoms with Crippen LogP contribution in [0.3, 0.4) is 0 Å². The average molecular weight is 535 g/mol. The maximum Gasteiger partial charge on any atom is 0.272 e. The molecule has 0 aliphatic carbocycles. The number of nitrogens with zero attached hydrogens (tertiary/aromatic N) is 5. The van der Waals surface area contributed by atoms with Crippen LogP contribution in [0.4, 0.5) is 0 Å². The highest BCUT2D eigenvalue weighted by molar-refractivity contribution is 7.99. The van der Waals surface area contributed by atoms with E-state index in [1.54, 1.807) is 55.9 Å². The first-order chi connectivity index (χ1) is 18.3. The van der Waals surface area contributed by atoms with Gasteiger partial charge in [-0.3, -0.25) is 9.78 Å². The van der Waals surface area contributed by atoms with Gasteiger partial charge in [-0.05, 0) is 54.8 Å². The van der Waals surface area contributed by atoms with E-state index in [0.717, 1.165) is 10.9 Å². The summed E-state index contributed by atoms with van der Waals surface area (Å²) in [6, 6.07) is 10.6. The molecule has 12 heteroatoms. The fourth-order valence-electron chi connectivity index (χ4n) is 3.16. The number of amides is 1. The Kier molecular flexibility index (Phi) is 9.85. The average Bonchev–Trinajstić information content (AvgIpc) is 3.32. The number of rotatable bonds is 9. The van der Waals surface area contributed by atoms with E-state index in [2.05, 4.69) is 37.4 Å². The Balaban J connectivity index is 0.000000329. The molecule has 1 aromatic carbocycles. The first kappa shape index (κ1) is 28.2. The number of pyridine rings is 2. The van der Waals surface area contributed by atoms with E-state index in [9.17, 15) is 9.90 Å². The van der Waals surface area contributed by atoms with Crippen molar-refractivity contribution in [2.24, 2.45) is 0 Å². The fraction of sp³-hybridized carbons (Fsp3) is 0.269. The van der Waals surface area contributed by atoms with Crippen LogP contribution >= 0.6 is 11.8 Å². The van der Waals surface area contributed by atoms with Gasteiger partial charge in [0.15, 0.2) is 0 Å². The lowest BCUT2D eigenvalue weighted by atomic mass is 10.1. The van der Waals surface area contributed by atoms with Crippen molar-refractivity contribution in [2.75, 3.05) is 26.1 Å². The molecule has 2 unspecified atom stereocenters. The lowest BCUT2D eigenvalue weighted by Gasteiger charge is -2.30. The van der Waals surface area contributed by atoms with Gasteiger partial charge < -0.3 is 25.1 Å². The van der Waals surface area contributed by atoms with E-state index >= 15 is 0 Å². The molecule has 0 radical (unpaired) electrons. The molecule has 0 bridgehead atoms. The van der Waals surface area contributed by atoms with Gasteiger partial charge in [0.25, 0.3) is 5.91 Å². The van der Waals surface area contributed by atoms with Crippen LogP contribution in [0.25, 0.3) is 22.1 Å². The van der Waals surface area contributed by atoms with Crippen molar-refractivity contribution in [2.45, 2.75) is 17.9 Å². The number of thioether (sulfide) groups is 1. The number of fused-ring (bicyclic) bond motifs is 2. The molecule has 0 fully saturated rings. The van der Waals surface area contributed by atoms with Gasteiger partial charge in [-0.1, -0.05) is 16.7 Å². The number of terminal acetylenes is 2. The third kappa shape index (κ3) is 7.33. The van der Waals surface area contributed by atoms with Crippen LogP contribution in [0.2, 0.25) is 0 Å². The summed E-state index contributed by atoms with van der Waals surface area (Å²) >= 11 is 1.23. The van der Waals surface area contributed by atoms with E-state index in [1.807, 2.05) is 6.07 Å². The number of benzene rings is 1. The predicted molar refractivity (Wildman–Crippen MR) is 143 cm³/mol. The Morgan fingerprint density at radius 3 is 2.76 bits per heavy atom. The van der Waals surface area contributed by atoms with Gasteiger partial charge >= 0.3 is 0 Å². The molecule has 3 heterocycles. The second-order valence-electron chi connectivity index (χ2n) is 8.14. The van der Waals surface area contributed by atoms with Crippen LogP contribution in [-0.2, 0) is 9.53 Å². The summed E-state index contributed by atoms with van der Waals surface area (Å²) in [5.74, 6) is 5.01. The third-order valence-corrected chi connectivity index (χ3v) is 5.80. The van der Waals surface area contributed by atoms with E-state index in [-0.39, 0.29) is 25.7 Å². The molecule has 4 aromatic rings. The number of aromatic nitrogens is 5. The highest BCUT2D eigenvalue weighted by atomic mass is 32.2. The number of carbonyl (C=O) groups is 1. The molecule has 38 heavy (non-hydrogen) atoms. The van der Waals surface area contributed by atoms with Gasteiger partial charge in [0, 0.05) is 23.3 Å². The maximum atomic E-state index is 12.6. The molecule has 196 valence electrons. The normalized spacial score (nSPS) is 12.9. The molecule has 0 spiro atoms. The van der Waals surface area contributed by atoms with Crippen molar-refractivity contribution < 1.29 is 24.6 Å². The van der Waals surface area contributed by atoms with Gasteiger partial charge in [0.1, 0.15) is 17.9 Å². The van der Waals surface area contributed by atoms with Crippen LogP contribution in [0.15, 0.2) is 48.8 Å². The standard InChI is InChI=1S/C21H22N2O4S.C5H4N4O/c1-5-9-26-14-21(3,13-24)23-19(25)20(28-4)27-17-7-8-18-16(11-17)10-15(6-2)12-22-18;10-9-5-4(7-8-9)2-1-3-6-5/h1-2,7-8,10-12,20,24H,9,13-14H2,3-4H3,(H,23,25);1-3,10H. The molecule has 0 aliphatic rings. The summed E-state index contributed by atoms with van der Waals surface area (Å²) in [5.41, 5.74) is 0.608. The SMILES string of the molecule is C#CCOCC(C)(CO)NC(=O)C(Oc1ccc2ncc(C#C)cc2c1)SC.On1nnc2cccnc21. The molecule has 0 saturated carbocycles. The summed E-state index contributed by atoms with van der Waals surface area (Å²) in [5, 5.41) is 29.1. The number of ether oxygens (including phenoxy) is 2.